The molecule has 1 heterocycles. The molecule has 2 N–H and O–H groups in total. The van der Waals surface area contributed by atoms with Gasteiger partial charge in [0.25, 0.3) is 0 Å². The Kier molecular flexibility index (Phi) is 4.07. The molecule has 0 amide bonds. The fourth-order valence-electron chi connectivity index (χ4n) is 2.43. The second kappa shape index (κ2) is 5.41. The van der Waals surface area contributed by atoms with Crippen LogP contribution in [-0.4, -0.2) is 27.0 Å². The molecule has 1 saturated carbocycles. The number of hydrogen-bond donors (Lipinski definition) is 2. The zero-order valence-electron chi connectivity index (χ0n) is 11.7. The summed E-state index contributed by atoms with van der Waals surface area (Å²) in [7, 11) is 0. The quantitative estimate of drug-likeness (QED) is 0.864. The predicted octanol–water partition coefficient (Wildman–Crippen LogP) is 2.03. The van der Waals surface area contributed by atoms with E-state index in [4.69, 9.17) is 0 Å². The maximum absolute atomic E-state index is 9.63. The number of aliphatic hydroxyl groups is 1. The van der Waals surface area contributed by atoms with Gasteiger partial charge in [-0.2, -0.15) is 5.10 Å². The van der Waals surface area contributed by atoms with Gasteiger partial charge < -0.3 is 10.4 Å². The summed E-state index contributed by atoms with van der Waals surface area (Å²) in [4.78, 5) is 0. The average molecular weight is 251 g/mol. The second-order valence-corrected chi connectivity index (χ2v) is 6.36. The fourth-order valence-corrected chi connectivity index (χ4v) is 2.43. The van der Waals surface area contributed by atoms with Gasteiger partial charge in [0.2, 0.25) is 0 Å². The van der Waals surface area contributed by atoms with Gasteiger partial charge in [0, 0.05) is 24.3 Å². The van der Waals surface area contributed by atoms with Crippen molar-refractivity contribution in [2.45, 2.75) is 70.7 Å². The van der Waals surface area contributed by atoms with Crippen molar-refractivity contribution in [3.63, 3.8) is 0 Å². The molecule has 0 saturated heterocycles. The van der Waals surface area contributed by atoms with E-state index in [1.807, 2.05) is 10.9 Å². The van der Waals surface area contributed by atoms with Crippen LogP contribution in [-0.2, 0) is 12.1 Å². The van der Waals surface area contributed by atoms with Crippen LogP contribution in [0.3, 0.4) is 0 Å². The molecule has 1 aliphatic rings. The third-order valence-corrected chi connectivity index (χ3v) is 3.56. The molecule has 1 aromatic rings. The molecule has 4 heteroatoms. The summed E-state index contributed by atoms with van der Waals surface area (Å²) < 4.78 is 2.00. The second-order valence-electron chi connectivity index (χ2n) is 6.36. The Balaban J connectivity index is 1.85. The Morgan fingerprint density at radius 3 is 2.83 bits per heavy atom. The molecule has 0 aromatic carbocycles. The van der Waals surface area contributed by atoms with E-state index < -0.39 is 0 Å². The number of rotatable bonds is 3. The normalized spacial score (nSPS) is 25.3. The van der Waals surface area contributed by atoms with Crippen molar-refractivity contribution in [1.82, 2.24) is 15.1 Å². The van der Waals surface area contributed by atoms with Crippen LogP contribution < -0.4 is 5.32 Å². The molecule has 1 fully saturated rings. The molecule has 2 atom stereocenters. The Morgan fingerprint density at radius 1 is 1.44 bits per heavy atom. The molecule has 0 bridgehead atoms. The van der Waals surface area contributed by atoms with Crippen LogP contribution in [0.25, 0.3) is 0 Å². The minimum absolute atomic E-state index is 0.0410. The summed E-state index contributed by atoms with van der Waals surface area (Å²) in [6.45, 7) is 7.28. The predicted molar refractivity (Wildman–Crippen MR) is 72.3 cm³/mol. The van der Waals surface area contributed by atoms with Gasteiger partial charge in [0.15, 0.2) is 0 Å². The average Bonchev–Trinajstić information content (AvgIpc) is 2.74. The largest absolute Gasteiger partial charge is 0.393 e. The van der Waals surface area contributed by atoms with E-state index in [1.54, 1.807) is 0 Å². The minimum Gasteiger partial charge on any atom is -0.393 e. The summed E-state index contributed by atoms with van der Waals surface area (Å²) in [6, 6.07) is 0.451. The van der Waals surface area contributed by atoms with Gasteiger partial charge in [0.1, 0.15) is 0 Å². The smallest absolute Gasteiger partial charge is 0.0555 e. The molecule has 2 unspecified atom stereocenters. The number of nitrogens with zero attached hydrogens (tertiary/aromatic N) is 2. The lowest BCUT2D eigenvalue weighted by Gasteiger charge is -2.26. The Bertz CT molecular complexity index is 381. The first kappa shape index (κ1) is 13.6. The fraction of sp³-hybridized carbons (Fsp3) is 0.786. The number of nitrogens with one attached hydrogen (secondary N) is 1. The van der Waals surface area contributed by atoms with Crippen LogP contribution in [0.15, 0.2) is 12.4 Å². The summed E-state index contributed by atoms with van der Waals surface area (Å²) in [6.07, 6.45) is 8.05. The molecule has 0 aliphatic heterocycles. The highest BCUT2D eigenvalue weighted by Crippen LogP contribution is 2.19. The van der Waals surface area contributed by atoms with Crippen molar-refractivity contribution in [3.8, 4) is 0 Å². The third kappa shape index (κ3) is 3.56. The van der Waals surface area contributed by atoms with Crippen LogP contribution in [0.2, 0.25) is 0 Å². The first-order valence-electron chi connectivity index (χ1n) is 6.90. The van der Waals surface area contributed by atoms with E-state index in [0.717, 1.165) is 25.8 Å². The van der Waals surface area contributed by atoms with Gasteiger partial charge in [0.05, 0.1) is 17.8 Å². The molecule has 2 rings (SSSR count). The Labute approximate surface area is 109 Å². The molecule has 4 nitrogen and oxygen atoms in total. The Morgan fingerprint density at radius 2 is 2.22 bits per heavy atom. The van der Waals surface area contributed by atoms with Crippen LogP contribution >= 0.6 is 0 Å². The van der Waals surface area contributed by atoms with Gasteiger partial charge in [-0.3, -0.25) is 4.68 Å². The molecule has 0 radical (unpaired) electrons. The van der Waals surface area contributed by atoms with Crippen LogP contribution in [0.4, 0.5) is 0 Å². The van der Waals surface area contributed by atoms with Crippen LogP contribution in [0.5, 0.6) is 0 Å². The van der Waals surface area contributed by atoms with Gasteiger partial charge in [-0.05, 0) is 46.5 Å². The van der Waals surface area contributed by atoms with E-state index in [0.29, 0.717) is 6.04 Å². The van der Waals surface area contributed by atoms with Crippen molar-refractivity contribution in [3.05, 3.63) is 18.0 Å². The lowest BCUT2D eigenvalue weighted by atomic mass is 9.93. The maximum atomic E-state index is 9.63. The Hall–Kier alpha value is -0.870. The summed E-state index contributed by atoms with van der Waals surface area (Å²) in [5.41, 5.74) is 1.25. The highest BCUT2D eigenvalue weighted by Gasteiger charge is 2.20. The zero-order chi connectivity index (χ0) is 13.2. The van der Waals surface area contributed by atoms with Gasteiger partial charge in [-0.25, -0.2) is 0 Å². The minimum atomic E-state index is -0.117. The molecule has 1 aromatic heterocycles. The highest BCUT2D eigenvalue weighted by molar-refractivity contribution is 5.05. The first-order chi connectivity index (χ1) is 8.45. The number of hydrogen-bond acceptors (Lipinski definition) is 3. The highest BCUT2D eigenvalue weighted by atomic mass is 16.3. The van der Waals surface area contributed by atoms with Crippen molar-refractivity contribution in [1.29, 1.82) is 0 Å². The molecule has 102 valence electrons. The number of aliphatic hydroxyl groups excluding tert-OH is 1. The van der Waals surface area contributed by atoms with E-state index in [2.05, 4.69) is 37.4 Å². The van der Waals surface area contributed by atoms with E-state index >= 15 is 0 Å². The zero-order valence-corrected chi connectivity index (χ0v) is 11.7. The monoisotopic (exact) mass is 251 g/mol. The van der Waals surface area contributed by atoms with Gasteiger partial charge in [-0.1, -0.05) is 0 Å². The molecular formula is C14H25N3O. The molecular weight excluding hydrogens is 226 g/mol. The third-order valence-electron chi connectivity index (χ3n) is 3.56. The lowest BCUT2D eigenvalue weighted by molar-refractivity contribution is 0.111. The van der Waals surface area contributed by atoms with Gasteiger partial charge in [-0.15, -0.1) is 0 Å². The standard InChI is InChI=1S/C14H25N3O/c1-14(2,3)17-10-11(9-16-17)8-15-12-5-4-6-13(18)7-12/h9-10,12-13,15,18H,4-8H2,1-3H3. The first-order valence-corrected chi connectivity index (χ1v) is 6.90. The van der Waals surface area contributed by atoms with Crippen molar-refractivity contribution < 1.29 is 5.11 Å². The maximum Gasteiger partial charge on any atom is 0.0555 e. The van der Waals surface area contributed by atoms with Crippen molar-refractivity contribution in [2.75, 3.05) is 0 Å². The van der Waals surface area contributed by atoms with Crippen molar-refractivity contribution in [2.24, 2.45) is 0 Å². The SMILES string of the molecule is CC(C)(C)n1cc(CNC2CCCC(O)C2)cn1. The van der Waals surface area contributed by atoms with Crippen molar-refractivity contribution >= 4 is 0 Å². The molecule has 1 aliphatic carbocycles. The topological polar surface area (TPSA) is 50.1 Å². The van der Waals surface area contributed by atoms with E-state index in [9.17, 15) is 5.11 Å². The van der Waals surface area contributed by atoms with E-state index in [1.165, 1.54) is 12.0 Å². The van der Waals surface area contributed by atoms with Crippen LogP contribution in [0.1, 0.15) is 52.0 Å². The summed E-state index contributed by atoms with van der Waals surface area (Å²) >= 11 is 0. The van der Waals surface area contributed by atoms with E-state index in [-0.39, 0.29) is 11.6 Å². The molecule has 18 heavy (non-hydrogen) atoms. The summed E-state index contributed by atoms with van der Waals surface area (Å²) in [5, 5.41) is 17.5. The summed E-state index contributed by atoms with van der Waals surface area (Å²) in [5.74, 6) is 0. The van der Waals surface area contributed by atoms with Gasteiger partial charge >= 0.3 is 0 Å². The molecule has 0 spiro atoms. The number of aromatic nitrogens is 2. The lowest BCUT2D eigenvalue weighted by Crippen LogP contribution is -2.35. The van der Waals surface area contributed by atoms with Crippen LogP contribution in [0, 0.1) is 0 Å².